The van der Waals surface area contributed by atoms with Crippen LogP contribution in [0.5, 0.6) is 5.75 Å². The number of anilines is 1. The van der Waals surface area contributed by atoms with Crippen molar-refractivity contribution in [3.63, 3.8) is 0 Å². The van der Waals surface area contributed by atoms with Gasteiger partial charge in [0.2, 0.25) is 5.95 Å². The van der Waals surface area contributed by atoms with Gasteiger partial charge in [-0.3, -0.25) is 9.78 Å². The van der Waals surface area contributed by atoms with Crippen molar-refractivity contribution in [2.75, 3.05) is 25.0 Å². The Morgan fingerprint density at radius 3 is 2.59 bits per heavy atom. The molecule has 2 aromatic carbocycles. The number of aliphatic hydroxyl groups excluding tert-OH is 1. The minimum absolute atomic E-state index is 0.0168. The molecule has 1 unspecified atom stereocenters. The number of carbonyl (C=O) groups excluding carboxylic acids is 1. The van der Waals surface area contributed by atoms with Crippen LogP contribution in [-0.4, -0.2) is 56.1 Å². The van der Waals surface area contributed by atoms with E-state index in [2.05, 4.69) is 15.0 Å². The number of hydrogen-bond donors (Lipinski definition) is 2. The maximum absolute atomic E-state index is 14.9. The fourth-order valence-electron chi connectivity index (χ4n) is 3.96. The van der Waals surface area contributed by atoms with Crippen LogP contribution in [0.1, 0.15) is 34.5 Å². The number of hydrogen-bond acceptors (Lipinski definition) is 7. The van der Waals surface area contributed by atoms with Crippen LogP contribution in [-0.2, 0) is 6.54 Å². The lowest BCUT2D eigenvalue weighted by Crippen LogP contribution is -2.32. The smallest absolute Gasteiger partial charge is 0.257 e. The molecule has 37 heavy (non-hydrogen) atoms. The van der Waals surface area contributed by atoms with Crippen LogP contribution < -0.4 is 4.90 Å². The van der Waals surface area contributed by atoms with Crippen LogP contribution in [0.25, 0.3) is 11.3 Å². The number of benzene rings is 2. The molecule has 0 aliphatic heterocycles. The Hall–Kier alpha value is -4.37. The molecule has 0 aliphatic carbocycles. The van der Waals surface area contributed by atoms with Crippen molar-refractivity contribution in [2.45, 2.75) is 19.6 Å². The Kier molecular flexibility index (Phi) is 8.05. The van der Waals surface area contributed by atoms with E-state index < -0.39 is 17.8 Å². The molecule has 0 radical (unpaired) electrons. The molecule has 1 atom stereocenters. The molecule has 190 valence electrons. The zero-order valence-electron chi connectivity index (χ0n) is 20.6. The van der Waals surface area contributed by atoms with E-state index in [0.29, 0.717) is 24.6 Å². The summed E-state index contributed by atoms with van der Waals surface area (Å²) in [6.45, 7) is 2.97. The number of aromatic hydroxyl groups is 1. The van der Waals surface area contributed by atoms with Crippen molar-refractivity contribution >= 4 is 11.9 Å². The number of aliphatic hydroxyl groups is 1. The van der Waals surface area contributed by atoms with E-state index >= 15 is 0 Å². The Balaban J connectivity index is 1.67. The summed E-state index contributed by atoms with van der Waals surface area (Å²) in [6.07, 6.45) is 3.81. The largest absolute Gasteiger partial charge is 0.508 e. The maximum atomic E-state index is 14.9. The molecule has 2 aromatic heterocycles. The summed E-state index contributed by atoms with van der Waals surface area (Å²) in [5.41, 5.74) is 1.87. The monoisotopic (exact) mass is 501 g/mol. The van der Waals surface area contributed by atoms with Crippen molar-refractivity contribution in [2.24, 2.45) is 0 Å². The van der Waals surface area contributed by atoms with Gasteiger partial charge in [0.15, 0.2) is 0 Å². The predicted molar refractivity (Wildman–Crippen MR) is 138 cm³/mol. The normalized spacial score (nSPS) is 11.7. The van der Waals surface area contributed by atoms with Crippen LogP contribution >= 0.6 is 0 Å². The first kappa shape index (κ1) is 25.7. The zero-order valence-corrected chi connectivity index (χ0v) is 20.6. The van der Waals surface area contributed by atoms with Crippen molar-refractivity contribution in [3.05, 3.63) is 102 Å². The molecule has 1 amide bonds. The predicted octanol–water partition coefficient (Wildman–Crippen LogP) is 4.22. The quantitative estimate of drug-likeness (QED) is 0.354. The zero-order chi connectivity index (χ0) is 26.4. The number of amides is 1. The van der Waals surface area contributed by atoms with Gasteiger partial charge in [0.1, 0.15) is 11.6 Å². The molecule has 0 spiro atoms. The van der Waals surface area contributed by atoms with Crippen LogP contribution in [0.2, 0.25) is 0 Å². The molecule has 2 heterocycles. The second-order valence-corrected chi connectivity index (χ2v) is 8.58. The Morgan fingerprint density at radius 1 is 1.08 bits per heavy atom. The standard InChI is InChI=1S/C28H28FN5O3/c1-3-34(17-19-8-7-13-30-15-19)28-31-16-23(26(32-28)22-11-4-5-12-24(22)29)27(37)33(2)18-25(36)20-9-6-10-21(35)14-20/h4-16,25,35-36H,3,17-18H2,1-2H3. The molecule has 0 saturated heterocycles. The minimum atomic E-state index is -1.03. The van der Waals surface area contributed by atoms with Gasteiger partial charge in [-0.1, -0.05) is 30.3 Å². The third kappa shape index (κ3) is 6.07. The van der Waals surface area contributed by atoms with E-state index in [0.717, 1.165) is 5.56 Å². The van der Waals surface area contributed by atoms with Gasteiger partial charge in [-0.05, 0) is 48.4 Å². The molecule has 4 rings (SSSR count). The van der Waals surface area contributed by atoms with Crippen molar-refractivity contribution in [3.8, 4) is 17.0 Å². The first-order chi connectivity index (χ1) is 17.9. The summed E-state index contributed by atoms with van der Waals surface area (Å²) in [5, 5.41) is 20.3. The lowest BCUT2D eigenvalue weighted by molar-refractivity contribution is 0.0681. The molecule has 0 fully saturated rings. The van der Waals surface area contributed by atoms with E-state index in [4.69, 9.17) is 0 Å². The summed E-state index contributed by atoms with van der Waals surface area (Å²) in [4.78, 5) is 29.9. The molecule has 9 heteroatoms. The lowest BCUT2D eigenvalue weighted by atomic mass is 10.0. The SMILES string of the molecule is CCN(Cc1cccnc1)c1ncc(C(=O)N(C)CC(O)c2cccc(O)c2)c(-c2ccccc2F)n1. The molecular formula is C28H28FN5O3. The number of rotatable bonds is 9. The average molecular weight is 502 g/mol. The van der Waals surface area contributed by atoms with E-state index in [1.807, 2.05) is 24.0 Å². The van der Waals surface area contributed by atoms with E-state index in [1.54, 1.807) is 42.7 Å². The highest BCUT2D eigenvalue weighted by molar-refractivity contribution is 5.99. The number of likely N-dealkylation sites (N-methyl/N-ethyl adjacent to an activating group) is 1. The number of phenolic OH excluding ortho intramolecular Hbond substituents is 1. The molecule has 0 saturated carbocycles. The Labute approximate surface area is 214 Å². The fourth-order valence-corrected chi connectivity index (χ4v) is 3.96. The van der Waals surface area contributed by atoms with Gasteiger partial charge in [0.05, 0.1) is 23.9 Å². The summed E-state index contributed by atoms with van der Waals surface area (Å²) in [7, 11) is 1.54. The first-order valence-electron chi connectivity index (χ1n) is 11.9. The molecular weight excluding hydrogens is 473 g/mol. The highest BCUT2D eigenvalue weighted by atomic mass is 19.1. The summed E-state index contributed by atoms with van der Waals surface area (Å²) >= 11 is 0. The topological polar surface area (TPSA) is 103 Å². The van der Waals surface area contributed by atoms with Gasteiger partial charge in [0.25, 0.3) is 5.91 Å². The van der Waals surface area contributed by atoms with E-state index in [-0.39, 0.29) is 29.1 Å². The van der Waals surface area contributed by atoms with Crippen LogP contribution in [0.3, 0.4) is 0 Å². The lowest BCUT2D eigenvalue weighted by Gasteiger charge is -2.24. The second kappa shape index (κ2) is 11.6. The molecule has 2 N–H and O–H groups in total. The molecule has 8 nitrogen and oxygen atoms in total. The van der Waals surface area contributed by atoms with Crippen molar-refractivity contribution in [1.29, 1.82) is 0 Å². The van der Waals surface area contributed by atoms with E-state index in [1.165, 1.54) is 36.3 Å². The number of halogens is 1. The second-order valence-electron chi connectivity index (χ2n) is 8.58. The Morgan fingerprint density at radius 2 is 1.89 bits per heavy atom. The van der Waals surface area contributed by atoms with Crippen LogP contribution in [0, 0.1) is 5.82 Å². The molecule has 4 aromatic rings. The number of pyridine rings is 1. The van der Waals surface area contributed by atoms with Gasteiger partial charge >= 0.3 is 0 Å². The summed E-state index contributed by atoms with van der Waals surface area (Å²) in [5.74, 6) is -0.620. The van der Waals surface area contributed by atoms with Gasteiger partial charge in [-0.15, -0.1) is 0 Å². The summed E-state index contributed by atoms with van der Waals surface area (Å²) < 4.78 is 14.9. The minimum Gasteiger partial charge on any atom is -0.508 e. The Bertz CT molecular complexity index is 1370. The molecule has 0 aliphatic rings. The van der Waals surface area contributed by atoms with E-state index in [9.17, 15) is 19.4 Å². The van der Waals surface area contributed by atoms with Crippen molar-refractivity contribution < 1.29 is 19.4 Å². The van der Waals surface area contributed by atoms with Gasteiger partial charge in [0, 0.05) is 44.3 Å². The fraction of sp³-hybridized carbons (Fsp3) is 0.214. The number of aromatic nitrogens is 3. The van der Waals surface area contributed by atoms with Crippen LogP contribution in [0.15, 0.2) is 79.3 Å². The maximum Gasteiger partial charge on any atom is 0.257 e. The van der Waals surface area contributed by atoms with Gasteiger partial charge in [-0.2, -0.15) is 0 Å². The molecule has 0 bridgehead atoms. The van der Waals surface area contributed by atoms with Crippen LogP contribution in [0.4, 0.5) is 10.3 Å². The van der Waals surface area contributed by atoms with Gasteiger partial charge < -0.3 is 20.0 Å². The highest BCUT2D eigenvalue weighted by Gasteiger charge is 2.24. The third-order valence-corrected chi connectivity index (χ3v) is 5.94. The number of nitrogens with zero attached hydrogens (tertiary/aromatic N) is 5. The first-order valence-corrected chi connectivity index (χ1v) is 11.9. The number of carbonyl (C=O) groups is 1. The third-order valence-electron chi connectivity index (χ3n) is 5.94. The van der Waals surface area contributed by atoms with Gasteiger partial charge in [-0.25, -0.2) is 14.4 Å². The average Bonchev–Trinajstić information content (AvgIpc) is 2.92. The summed E-state index contributed by atoms with van der Waals surface area (Å²) in [6, 6.07) is 16.1. The highest BCUT2D eigenvalue weighted by Crippen LogP contribution is 2.28. The number of phenols is 1. The van der Waals surface area contributed by atoms with Crippen molar-refractivity contribution in [1.82, 2.24) is 19.9 Å².